The van der Waals surface area contributed by atoms with Crippen molar-refractivity contribution in [1.29, 1.82) is 0 Å². The molecule has 0 atom stereocenters. The van der Waals surface area contributed by atoms with E-state index >= 15 is 0 Å². The molecule has 0 unspecified atom stereocenters. The average molecular weight is 239 g/mol. The van der Waals surface area contributed by atoms with Crippen LogP contribution in [0.5, 0.6) is 0 Å². The SMILES string of the molecule is C=C1[C-]=C(CN)N(C)C(C)=N1.[Y]. The molecule has 0 aromatic heterocycles. The summed E-state index contributed by atoms with van der Waals surface area (Å²) in [6, 6.07) is 0. The summed E-state index contributed by atoms with van der Waals surface area (Å²) in [5.41, 5.74) is 7.07. The Kier molecular flexibility index (Phi) is 4.91. The molecule has 0 bridgehead atoms. The Labute approximate surface area is 98.3 Å². The molecule has 1 aliphatic heterocycles. The second-order valence-corrected chi connectivity index (χ2v) is 2.44. The summed E-state index contributed by atoms with van der Waals surface area (Å²) in [6.07, 6.45) is 2.98. The van der Waals surface area contributed by atoms with Gasteiger partial charge in [0.15, 0.2) is 0 Å². The van der Waals surface area contributed by atoms with Crippen molar-refractivity contribution in [3.8, 4) is 0 Å². The minimum Gasteiger partial charge on any atom is -0.354 e. The maximum Gasteiger partial charge on any atom is 0.100 e. The van der Waals surface area contributed by atoms with E-state index in [2.05, 4.69) is 17.6 Å². The molecule has 4 heteroatoms. The third-order valence-electron chi connectivity index (χ3n) is 1.67. The van der Waals surface area contributed by atoms with Crippen molar-refractivity contribution in [2.45, 2.75) is 6.92 Å². The fourth-order valence-electron chi connectivity index (χ4n) is 0.932. The first-order valence-corrected chi connectivity index (χ1v) is 3.46. The molecule has 0 aromatic carbocycles. The monoisotopic (exact) mass is 239 g/mol. The molecule has 2 N–H and O–H groups in total. The predicted octanol–water partition coefficient (Wildman–Crippen LogP) is 0.507. The van der Waals surface area contributed by atoms with Crippen LogP contribution in [0.25, 0.3) is 0 Å². The van der Waals surface area contributed by atoms with Crippen LogP contribution >= 0.6 is 0 Å². The smallest absolute Gasteiger partial charge is 0.100 e. The van der Waals surface area contributed by atoms with Crippen LogP contribution < -0.4 is 5.73 Å². The Morgan fingerprint density at radius 3 is 2.75 bits per heavy atom. The molecule has 1 rings (SSSR count). The number of hydrogen-bond donors (Lipinski definition) is 1. The fourth-order valence-corrected chi connectivity index (χ4v) is 0.932. The van der Waals surface area contributed by atoms with Crippen molar-refractivity contribution < 1.29 is 32.7 Å². The Morgan fingerprint density at radius 2 is 2.25 bits per heavy atom. The van der Waals surface area contributed by atoms with Crippen molar-refractivity contribution in [1.82, 2.24) is 4.90 Å². The number of aliphatic imine (C=N–C) groups is 1. The van der Waals surface area contributed by atoms with Gasteiger partial charge in [-0.15, -0.1) is 5.70 Å². The van der Waals surface area contributed by atoms with Gasteiger partial charge in [-0.25, -0.2) is 12.7 Å². The van der Waals surface area contributed by atoms with E-state index in [1.54, 1.807) is 0 Å². The maximum atomic E-state index is 5.48. The van der Waals surface area contributed by atoms with Gasteiger partial charge in [0, 0.05) is 46.3 Å². The number of nitrogens with zero attached hydrogens (tertiary/aromatic N) is 2. The van der Waals surface area contributed by atoms with Gasteiger partial charge in [-0.1, -0.05) is 5.70 Å². The number of hydrogen-bond acceptors (Lipinski definition) is 3. The molecule has 1 heterocycles. The molecule has 12 heavy (non-hydrogen) atoms. The number of likely N-dealkylation sites (N-methyl/N-ethyl adjacent to an activating group) is 1. The third kappa shape index (κ3) is 2.51. The van der Waals surface area contributed by atoms with E-state index < -0.39 is 0 Å². The molecule has 1 radical (unpaired) electrons. The number of amidine groups is 1. The van der Waals surface area contributed by atoms with Crippen LogP contribution in [0.2, 0.25) is 0 Å². The van der Waals surface area contributed by atoms with Crippen molar-refractivity contribution in [2.24, 2.45) is 10.7 Å². The van der Waals surface area contributed by atoms with Gasteiger partial charge in [0.05, 0.1) is 0 Å². The van der Waals surface area contributed by atoms with Crippen LogP contribution in [0.4, 0.5) is 0 Å². The van der Waals surface area contributed by atoms with E-state index in [-0.39, 0.29) is 32.7 Å². The van der Waals surface area contributed by atoms with Crippen LogP contribution in [-0.2, 0) is 32.7 Å². The molecule has 0 saturated heterocycles. The first kappa shape index (κ1) is 12.0. The summed E-state index contributed by atoms with van der Waals surface area (Å²) in [6.45, 7) is 6.09. The van der Waals surface area contributed by atoms with Gasteiger partial charge < -0.3 is 10.6 Å². The summed E-state index contributed by atoms with van der Waals surface area (Å²) in [5, 5.41) is 0. The topological polar surface area (TPSA) is 41.6 Å². The zero-order chi connectivity index (χ0) is 8.43. The molecule has 1 aliphatic rings. The van der Waals surface area contributed by atoms with E-state index in [1.165, 1.54) is 0 Å². The minimum atomic E-state index is 0. The van der Waals surface area contributed by atoms with Crippen molar-refractivity contribution in [2.75, 3.05) is 13.6 Å². The molecular weight excluding hydrogens is 227 g/mol. The first-order valence-electron chi connectivity index (χ1n) is 3.46. The Balaban J connectivity index is 0.00000121. The van der Waals surface area contributed by atoms with Crippen molar-refractivity contribution in [3.05, 3.63) is 24.0 Å². The fraction of sp³-hybridized carbons (Fsp3) is 0.375. The van der Waals surface area contributed by atoms with E-state index in [9.17, 15) is 0 Å². The van der Waals surface area contributed by atoms with Crippen molar-refractivity contribution in [3.63, 3.8) is 0 Å². The first-order chi connectivity index (χ1) is 5.15. The molecule has 0 saturated carbocycles. The van der Waals surface area contributed by atoms with Crippen LogP contribution in [-0.4, -0.2) is 24.3 Å². The largest absolute Gasteiger partial charge is 0.354 e. The van der Waals surface area contributed by atoms with E-state index in [4.69, 9.17) is 5.73 Å². The van der Waals surface area contributed by atoms with Gasteiger partial charge in [-0.05, 0) is 6.92 Å². The number of nitrogens with two attached hydrogens (primary N) is 1. The van der Waals surface area contributed by atoms with Crippen molar-refractivity contribution >= 4 is 5.84 Å². The normalized spacial score (nSPS) is 16.6. The van der Waals surface area contributed by atoms with E-state index in [0.717, 1.165) is 11.5 Å². The summed E-state index contributed by atoms with van der Waals surface area (Å²) in [7, 11) is 1.92. The second kappa shape index (κ2) is 4.90. The Morgan fingerprint density at radius 1 is 1.67 bits per heavy atom. The van der Waals surface area contributed by atoms with Gasteiger partial charge in [0.25, 0.3) is 0 Å². The summed E-state index contributed by atoms with van der Waals surface area (Å²) >= 11 is 0. The summed E-state index contributed by atoms with van der Waals surface area (Å²) < 4.78 is 0. The van der Waals surface area contributed by atoms with Gasteiger partial charge >= 0.3 is 0 Å². The van der Waals surface area contributed by atoms with Gasteiger partial charge in [0.1, 0.15) is 5.84 Å². The molecule has 0 spiro atoms. The molecule has 0 aliphatic carbocycles. The quantitative estimate of drug-likeness (QED) is 0.677. The van der Waals surface area contributed by atoms with Crippen LogP contribution in [0, 0.1) is 6.08 Å². The molecule has 0 amide bonds. The maximum absolute atomic E-state index is 5.48. The Hall–Kier alpha value is 0.0139. The zero-order valence-electron chi connectivity index (χ0n) is 7.46. The van der Waals surface area contributed by atoms with Gasteiger partial charge in [-0.2, -0.15) is 0 Å². The molecular formula is C8H12N3Y-. The van der Waals surface area contributed by atoms with Gasteiger partial charge in [0.2, 0.25) is 0 Å². The molecule has 3 nitrogen and oxygen atoms in total. The zero-order valence-corrected chi connectivity index (χ0v) is 10.3. The minimum absolute atomic E-state index is 0. The van der Waals surface area contributed by atoms with Crippen LogP contribution in [0.15, 0.2) is 23.0 Å². The molecule has 63 valence electrons. The molecule has 0 fully saturated rings. The van der Waals surface area contributed by atoms with E-state index in [0.29, 0.717) is 12.2 Å². The summed E-state index contributed by atoms with van der Waals surface area (Å²) in [4.78, 5) is 6.03. The van der Waals surface area contributed by atoms with Crippen LogP contribution in [0.1, 0.15) is 6.92 Å². The Bertz CT molecular complexity index is 243. The predicted molar refractivity (Wildman–Crippen MR) is 45.8 cm³/mol. The summed E-state index contributed by atoms with van der Waals surface area (Å²) in [5.74, 6) is 0.911. The van der Waals surface area contributed by atoms with Crippen LogP contribution in [0.3, 0.4) is 0 Å². The number of allylic oxidation sites excluding steroid dienone is 1. The van der Waals surface area contributed by atoms with E-state index in [1.807, 2.05) is 18.9 Å². The number of rotatable bonds is 1. The van der Waals surface area contributed by atoms with Gasteiger partial charge in [-0.3, -0.25) is 4.99 Å². The molecule has 0 aromatic rings. The second-order valence-electron chi connectivity index (χ2n) is 2.44. The standard InChI is InChI=1S/C8H12N3.Y/c1-6-4-8(5-9)11(3)7(2)10-6;/h1,5,9H2,2-3H3;/q-1;. The average Bonchev–Trinajstić information content (AvgIpc) is 1.96. The third-order valence-corrected chi connectivity index (χ3v) is 1.67.